The lowest BCUT2D eigenvalue weighted by molar-refractivity contribution is 1.50. The van der Waals surface area contributed by atoms with E-state index in [0.29, 0.717) is 0 Å². The molecule has 0 saturated heterocycles. The Kier molecular flexibility index (Phi) is 17.0. The van der Waals surface area contributed by atoms with E-state index in [1.54, 1.807) is 0 Å². The van der Waals surface area contributed by atoms with Crippen LogP contribution in [-0.4, -0.2) is 8.07 Å². The molecule has 0 fully saturated rings. The lowest BCUT2D eigenvalue weighted by atomic mass is 10.3. The summed E-state index contributed by atoms with van der Waals surface area (Å²) in [4.78, 5) is 0. The molecule has 0 aromatic heterocycles. The van der Waals surface area contributed by atoms with Gasteiger partial charge >= 0.3 is 0 Å². The topological polar surface area (TPSA) is 0 Å². The molecular weight excluding hydrogens is 412 g/mol. The lowest BCUT2D eigenvalue weighted by Gasteiger charge is -2.34. The van der Waals surface area contributed by atoms with E-state index >= 15 is 0 Å². The zero-order valence-electron chi connectivity index (χ0n) is 22.0. The minimum Gasteiger partial charge on any atom is -0.0683 e. The average Bonchev–Trinajstić information content (AvgIpc) is 2.96. The Morgan fingerprint density at radius 3 is 0.576 bits per heavy atom. The van der Waals surface area contributed by atoms with E-state index in [9.17, 15) is 0 Å². The van der Waals surface area contributed by atoms with E-state index in [-0.39, 0.29) is 0 Å². The molecule has 0 atom stereocenters. The maximum atomic E-state index is 2.29. The van der Waals surface area contributed by atoms with Gasteiger partial charge in [-0.25, -0.2) is 0 Å². The predicted octanol–water partition coefficient (Wildman–Crippen LogP) is 7.17. The van der Waals surface area contributed by atoms with Crippen LogP contribution in [0.25, 0.3) is 0 Å². The van der Waals surface area contributed by atoms with Gasteiger partial charge in [0.05, 0.1) is 0 Å². The molecule has 4 aromatic rings. The highest BCUT2D eigenvalue weighted by molar-refractivity contribution is 7.19. The second kappa shape index (κ2) is 18.6. The Balaban J connectivity index is 0.00000116. The monoisotopic (exact) mass is 456 g/mol. The molecule has 1 heteroatoms. The SMILES string of the molecule is CC.CC.CC.CC.c1ccc([Si](c2ccccc2)(c2ccccc2)c2ccccc2)cc1. The smallest absolute Gasteiger partial charge is 0.0683 e. The Labute approximate surface area is 205 Å². The summed E-state index contributed by atoms with van der Waals surface area (Å²) >= 11 is 0. The second-order valence-electron chi connectivity index (χ2n) is 6.21. The van der Waals surface area contributed by atoms with Gasteiger partial charge in [0.25, 0.3) is 0 Å². The molecule has 0 saturated carbocycles. The van der Waals surface area contributed by atoms with Crippen LogP contribution in [0.3, 0.4) is 0 Å². The number of rotatable bonds is 4. The highest BCUT2D eigenvalue weighted by Gasteiger charge is 2.40. The van der Waals surface area contributed by atoms with Crippen molar-refractivity contribution in [3.8, 4) is 0 Å². The van der Waals surface area contributed by atoms with Gasteiger partial charge in [0, 0.05) is 0 Å². The third-order valence-electron chi connectivity index (χ3n) is 4.83. The number of hydrogen-bond acceptors (Lipinski definition) is 0. The van der Waals surface area contributed by atoms with Crippen LogP contribution in [0.4, 0.5) is 0 Å². The van der Waals surface area contributed by atoms with Crippen LogP contribution < -0.4 is 20.7 Å². The normalized spacial score (nSPS) is 9.21. The van der Waals surface area contributed by atoms with Crippen molar-refractivity contribution in [2.45, 2.75) is 55.4 Å². The third-order valence-corrected chi connectivity index (χ3v) is 9.62. The molecule has 0 unspecified atom stereocenters. The molecule has 0 aliphatic heterocycles. The Hall–Kier alpha value is -2.90. The first-order valence-electron chi connectivity index (χ1n) is 12.6. The fourth-order valence-electron chi connectivity index (χ4n) is 3.75. The van der Waals surface area contributed by atoms with Gasteiger partial charge < -0.3 is 0 Å². The molecular formula is C32H44Si. The average molecular weight is 457 g/mol. The van der Waals surface area contributed by atoms with E-state index in [1.807, 2.05) is 55.4 Å². The minimum atomic E-state index is -2.30. The predicted molar refractivity (Wildman–Crippen MR) is 155 cm³/mol. The first-order valence-corrected chi connectivity index (χ1v) is 14.6. The van der Waals surface area contributed by atoms with E-state index in [1.165, 1.54) is 20.7 Å². The van der Waals surface area contributed by atoms with Crippen molar-refractivity contribution < 1.29 is 0 Å². The van der Waals surface area contributed by atoms with E-state index < -0.39 is 8.07 Å². The second-order valence-corrected chi connectivity index (χ2v) is 10.0. The molecule has 4 rings (SSSR count). The van der Waals surface area contributed by atoms with E-state index in [4.69, 9.17) is 0 Å². The van der Waals surface area contributed by atoms with Crippen molar-refractivity contribution in [3.05, 3.63) is 121 Å². The molecule has 4 aromatic carbocycles. The number of hydrogen-bond donors (Lipinski definition) is 0. The summed E-state index contributed by atoms with van der Waals surface area (Å²) < 4.78 is 0. The largest absolute Gasteiger partial charge is 0.179 e. The minimum absolute atomic E-state index is 1.42. The van der Waals surface area contributed by atoms with Crippen LogP contribution in [-0.2, 0) is 0 Å². The molecule has 0 bridgehead atoms. The van der Waals surface area contributed by atoms with Gasteiger partial charge in [0.1, 0.15) is 0 Å². The van der Waals surface area contributed by atoms with Gasteiger partial charge in [-0.3, -0.25) is 0 Å². The van der Waals surface area contributed by atoms with Crippen molar-refractivity contribution in [2.75, 3.05) is 0 Å². The van der Waals surface area contributed by atoms with E-state index in [0.717, 1.165) is 0 Å². The van der Waals surface area contributed by atoms with Crippen LogP contribution in [0.5, 0.6) is 0 Å². The van der Waals surface area contributed by atoms with Crippen LogP contribution >= 0.6 is 0 Å². The van der Waals surface area contributed by atoms with E-state index in [2.05, 4.69) is 121 Å². The van der Waals surface area contributed by atoms with Crippen molar-refractivity contribution >= 4 is 28.8 Å². The first-order chi connectivity index (χ1) is 16.4. The molecule has 0 heterocycles. The fourth-order valence-corrected chi connectivity index (χ4v) is 8.52. The molecule has 0 N–H and O–H groups in total. The highest BCUT2D eigenvalue weighted by atomic mass is 28.3. The van der Waals surface area contributed by atoms with Gasteiger partial charge in [0.2, 0.25) is 0 Å². The number of benzene rings is 4. The summed E-state index contributed by atoms with van der Waals surface area (Å²) in [6, 6.07) is 44.0. The molecule has 0 spiro atoms. The van der Waals surface area contributed by atoms with Crippen LogP contribution in [0.1, 0.15) is 55.4 Å². The molecule has 0 radical (unpaired) electrons. The molecule has 0 aliphatic rings. The summed E-state index contributed by atoms with van der Waals surface area (Å²) in [7, 11) is -2.30. The first kappa shape index (κ1) is 30.1. The molecule has 0 nitrogen and oxygen atoms in total. The fraction of sp³-hybridized carbons (Fsp3) is 0.250. The zero-order chi connectivity index (χ0) is 25.0. The van der Waals surface area contributed by atoms with Crippen molar-refractivity contribution in [2.24, 2.45) is 0 Å². The van der Waals surface area contributed by atoms with Gasteiger partial charge in [-0.2, -0.15) is 0 Å². The highest BCUT2D eigenvalue weighted by Crippen LogP contribution is 2.09. The van der Waals surface area contributed by atoms with Gasteiger partial charge in [-0.1, -0.05) is 177 Å². The van der Waals surface area contributed by atoms with Crippen molar-refractivity contribution in [1.29, 1.82) is 0 Å². The Bertz CT molecular complexity index is 754. The lowest BCUT2D eigenvalue weighted by Crippen LogP contribution is -2.74. The van der Waals surface area contributed by atoms with Gasteiger partial charge in [0.15, 0.2) is 8.07 Å². The third kappa shape index (κ3) is 7.58. The molecule has 0 amide bonds. The summed E-state index contributed by atoms with van der Waals surface area (Å²) in [6.45, 7) is 16.0. The maximum Gasteiger partial charge on any atom is 0.179 e. The van der Waals surface area contributed by atoms with Crippen LogP contribution in [0.2, 0.25) is 0 Å². The zero-order valence-corrected chi connectivity index (χ0v) is 23.0. The molecule has 0 aliphatic carbocycles. The summed E-state index contributed by atoms with van der Waals surface area (Å²) in [5.74, 6) is 0. The van der Waals surface area contributed by atoms with Gasteiger partial charge in [-0.05, 0) is 20.7 Å². The molecule has 33 heavy (non-hydrogen) atoms. The summed E-state index contributed by atoms with van der Waals surface area (Å²) in [5.41, 5.74) is 0. The standard InChI is InChI=1S/C24H20Si.4C2H6/c1-5-13-21(14-6-1)25(22-15-7-2-8-16-22,23-17-9-3-10-18-23)24-19-11-4-12-20-24;4*1-2/h1-20H;4*1-2H3. The van der Waals surface area contributed by atoms with Crippen molar-refractivity contribution in [1.82, 2.24) is 0 Å². The quantitative estimate of drug-likeness (QED) is 0.225. The molecule has 176 valence electrons. The van der Waals surface area contributed by atoms with Crippen LogP contribution in [0, 0.1) is 0 Å². The maximum absolute atomic E-state index is 2.30. The summed E-state index contributed by atoms with van der Waals surface area (Å²) in [6.07, 6.45) is 0. The van der Waals surface area contributed by atoms with Crippen LogP contribution in [0.15, 0.2) is 121 Å². The van der Waals surface area contributed by atoms with Crippen molar-refractivity contribution in [3.63, 3.8) is 0 Å². The van der Waals surface area contributed by atoms with Gasteiger partial charge in [-0.15, -0.1) is 0 Å². The Morgan fingerprint density at radius 1 is 0.273 bits per heavy atom. The summed E-state index contributed by atoms with van der Waals surface area (Å²) in [5, 5.41) is 5.66. The Morgan fingerprint density at radius 2 is 0.424 bits per heavy atom.